The summed E-state index contributed by atoms with van der Waals surface area (Å²) in [6.45, 7) is 6.93. The second-order valence-electron chi connectivity index (χ2n) is 11.6. The molecule has 0 saturated heterocycles. The molecule has 0 aromatic heterocycles. The molecule has 4 rings (SSSR count). The van der Waals surface area contributed by atoms with Crippen molar-refractivity contribution in [3.63, 3.8) is 0 Å². The summed E-state index contributed by atoms with van der Waals surface area (Å²) in [4.78, 5) is 29.7. The fourth-order valence-electron chi connectivity index (χ4n) is 5.64. The summed E-state index contributed by atoms with van der Waals surface area (Å²) in [7, 11) is -4.16. The van der Waals surface area contributed by atoms with Gasteiger partial charge in [0.05, 0.1) is 10.6 Å². The van der Waals surface area contributed by atoms with Crippen molar-refractivity contribution < 1.29 is 18.0 Å². The van der Waals surface area contributed by atoms with E-state index >= 15 is 0 Å². The SMILES string of the molecule is CC[C@H](C(=O)NC1CCCCC1)N(Cc1ccc(Cl)cc1Cl)C(=O)CN(c1cc(C)ccc1C)S(=O)(=O)c1ccc(C)cc1. The molecule has 0 aliphatic heterocycles. The van der Waals surface area contributed by atoms with Crippen LogP contribution in [0.5, 0.6) is 0 Å². The largest absolute Gasteiger partial charge is 0.352 e. The third kappa shape index (κ3) is 8.14. The summed E-state index contributed by atoms with van der Waals surface area (Å²) in [6.07, 6.45) is 5.37. The summed E-state index contributed by atoms with van der Waals surface area (Å²) in [5, 5.41) is 3.96. The first kappa shape index (κ1) is 33.8. The van der Waals surface area contributed by atoms with E-state index in [1.807, 2.05) is 39.8 Å². The first-order valence-corrected chi connectivity index (χ1v) is 17.3. The average Bonchev–Trinajstić information content (AvgIpc) is 2.98. The number of carbonyl (C=O) groups is 2. The molecule has 2 amide bonds. The van der Waals surface area contributed by atoms with Crippen molar-refractivity contribution in [2.45, 2.75) is 89.7 Å². The molecule has 0 heterocycles. The molecule has 1 aliphatic rings. The van der Waals surface area contributed by atoms with Gasteiger partial charge in [0.15, 0.2) is 0 Å². The van der Waals surface area contributed by atoms with E-state index in [1.54, 1.807) is 48.5 Å². The van der Waals surface area contributed by atoms with Gasteiger partial charge in [0.25, 0.3) is 10.0 Å². The second-order valence-corrected chi connectivity index (χ2v) is 14.3. The van der Waals surface area contributed by atoms with Gasteiger partial charge in [-0.1, -0.05) is 85.3 Å². The predicted molar refractivity (Wildman–Crippen MR) is 178 cm³/mol. The number of hydrogen-bond donors (Lipinski definition) is 1. The van der Waals surface area contributed by atoms with E-state index in [2.05, 4.69) is 5.32 Å². The number of sulfonamides is 1. The smallest absolute Gasteiger partial charge is 0.264 e. The number of rotatable bonds is 11. The lowest BCUT2D eigenvalue weighted by molar-refractivity contribution is -0.140. The molecular weight excluding hydrogens is 617 g/mol. The van der Waals surface area contributed by atoms with Crippen LogP contribution in [-0.4, -0.2) is 43.8 Å². The topological polar surface area (TPSA) is 86.8 Å². The zero-order valence-corrected chi connectivity index (χ0v) is 28.1. The van der Waals surface area contributed by atoms with Gasteiger partial charge in [-0.3, -0.25) is 13.9 Å². The number of nitrogens with one attached hydrogen (secondary N) is 1. The van der Waals surface area contributed by atoms with Gasteiger partial charge in [-0.05, 0) is 87.1 Å². The number of nitrogens with zero attached hydrogens (tertiary/aromatic N) is 2. The second kappa shape index (κ2) is 14.8. The van der Waals surface area contributed by atoms with Crippen LogP contribution in [0.25, 0.3) is 0 Å². The molecule has 0 spiro atoms. The van der Waals surface area contributed by atoms with Gasteiger partial charge < -0.3 is 10.2 Å². The fourth-order valence-corrected chi connectivity index (χ4v) is 7.57. The Bertz CT molecular complexity index is 1590. The lowest BCUT2D eigenvalue weighted by Gasteiger charge is -2.35. The van der Waals surface area contributed by atoms with Crippen molar-refractivity contribution in [3.05, 3.63) is 93.0 Å². The van der Waals surface area contributed by atoms with Crippen LogP contribution < -0.4 is 9.62 Å². The Balaban J connectivity index is 1.76. The summed E-state index contributed by atoms with van der Waals surface area (Å²) < 4.78 is 29.5. The number of amides is 2. The highest BCUT2D eigenvalue weighted by Crippen LogP contribution is 2.30. The normalized spacial score (nSPS) is 14.6. The van der Waals surface area contributed by atoms with Crippen LogP contribution in [0.2, 0.25) is 10.0 Å². The van der Waals surface area contributed by atoms with E-state index in [-0.39, 0.29) is 23.4 Å². The van der Waals surface area contributed by atoms with Crippen LogP contribution in [0.1, 0.15) is 67.7 Å². The highest BCUT2D eigenvalue weighted by molar-refractivity contribution is 7.92. The number of anilines is 1. The van der Waals surface area contributed by atoms with Crippen LogP contribution in [-0.2, 0) is 26.2 Å². The number of carbonyl (C=O) groups excluding carboxylic acids is 2. The molecular formula is C34H41Cl2N3O4S. The minimum absolute atomic E-state index is 0.0106. The minimum Gasteiger partial charge on any atom is -0.352 e. The van der Waals surface area contributed by atoms with Crippen molar-refractivity contribution in [3.8, 4) is 0 Å². The minimum atomic E-state index is -4.16. The molecule has 10 heteroatoms. The summed E-state index contributed by atoms with van der Waals surface area (Å²) in [5.41, 5.74) is 3.48. The van der Waals surface area contributed by atoms with Crippen molar-refractivity contribution in [2.24, 2.45) is 0 Å². The molecule has 1 fully saturated rings. The molecule has 0 unspecified atom stereocenters. The molecule has 1 aliphatic carbocycles. The Morgan fingerprint density at radius 2 is 1.57 bits per heavy atom. The zero-order chi connectivity index (χ0) is 32.0. The van der Waals surface area contributed by atoms with Gasteiger partial charge in [-0.2, -0.15) is 0 Å². The maximum Gasteiger partial charge on any atom is 0.264 e. The van der Waals surface area contributed by atoms with E-state index in [0.717, 1.165) is 47.5 Å². The molecule has 3 aromatic carbocycles. The Kier molecular flexibility index (Phi) is 11.4. The first-order chi connectivity index (χ1) is 20.9. The van der Waals surface area contributed by atoms with Crippen molar-refractivity contribution in [1.29, 1.82) is 0 Å². The molecule has 236 valence electrons. The van der Waals surface area contributed by atoms with Crippen LogP contribution in [0, 0.1) is 20.8 Å². The third-order valence-corrected chi connectivity index (χ3v) is 10.6. The lowest BCUT2D eigenvalue weighted by Crippen LogP contribution is -2.54. The summed E-state index contributed by atoms with van der Waals surface area (Å²) in [6, 6.07) is 16.3. The monoisotopic (exact) mass is 657 g/mol. The standard InChI is InChI=1S/C34H41Cl2N3O4S/c1-5-31(34(41)37-28-9-7-6-8-10-28)38(21-26-15-16-27(35)20-30(26)36)33(40)22-39(32-19-24(3)11-14-25(32)4)44(42,43)29-17-12-23(2)13-18-29/h11-20,28,31H,5-10,21-22H2,1-4H3,(H,37,41)/t31-/m1/s1. The van der Waals surface area contributed by atoms with E-state index in [0.29, 0.717) is 33.3 Å². The lowest BCUT2D eigenvalue weighted by atomic mass is 9.95. The van der Waals surface area contributed by atoms with Gasteiger partial charge in [0.2, 0.25) is 11.8 Å². The van der Waals surface area contributed by atoms with Crippen molar-refractivity contribution >= 4 is 50.7 Å². The molecule has 0 radical (unpaired) electrons. The molecule has 0 bridgehead atoms. The maximum atomic E-state index is 14.4. The van der Waals surface area contributed by atoms with Gasteiger partial charge >= 0.3 is 0 Å². The Hall–Kier alpha value is -3.07. The summed E-state index contributed by atoms with van der Waals surface area (Å²) in [5.74, 6) is -0.768. The molecule has 1 saturated carbocycles. The average molecular weight is 659 g/mol. The quantitative estimate of drug-likeness (QED) is 0.233. The number of hydrogen-bond acceptors (Lipinski definition) is 4. The van der Waals surface area contributed by atoms with E-state index in [9.17, 15) is 18.0 Å². The molecule has 1 N–H and O–H groups in total. The Morgan fingerprint density at radius 3 is 2.20 bits per heavy atom. The third-order valence-electron chi connectivity index (χ3n) is 8.21. The molecule has 44 heavy (non-hydrogen) atoms. The predicted octanol–water partition coefficient (Wildman–Crippen LogP) is 7.37. The Morgan fingerprint density at radius 1 is 0.909 bits per heavy atom. The fraction of sp³-hybridized carbons (Fsp3) is 0.412. The van der Waals surface area contributed by atoms with Crippen molar-refractivity contribution in [2.75, 3.05) is 10.8 Å². The van der Waals surface area contributed by atoms with Gasteiger partial charge in [-0.15, -0.1) is 0 Å². The van der Waals surface area contributed by atoms with E-state index in [1.165, 1.54) is 4.90 Å². The van der Waals surface area contributed by atoms with Crippen LogP contribution >= 0.6 is 23.2 Å². The van der Waals surface area contributed by atoms with Crippen molar-refractivity contribution in [1.82, 2.24) is 10.2 Å². The molecule has 1 atom stereocenters. The number of aryl methyl sites for hydroxylation is 3. The highest BCUT2D eigenvalue weighted by atomic mass is 35.5. The number of benzene rings is 3. The number of halogens is 2. The molecule has 7 nitrogen and oxygen atoms in total. The highest BCUT2D eigenvalue weighted by Gasteiger charge is 2.35. The van der Waals surface area contributed by atoms with Crippen LogP contribution in [0.15, 0.2) is 65.6 Å². The van der Waals surface area contributed by atoms with Gasteiger partial charge in [0.1, 0.15) is 12.6 Å². The molecule has 3 aromatic rings. The summed E-state index contributed by atoms with van der Waals surface area (Å²) >= 11 is 12.7. The van der Waals surface area contributed by atoms with Crippen LogP contribution in [0.4, 0.5) is 5.69 Å². The first-order valence-electron chi connectivity index (χ1n) is 15.1. The Labute approximate surface area is 271 Å². The zero-order valence-electron chi connectivity index (χ0n) is 25.8. The van der Waals surface area contributed by atoms with Gasteiger partial charge in [0, 0.05) is 22.6 Å². The maximum absolute atomic E-state index is 14.4. The van der Waals surface area contributed by atoms with E-state index < -0.39 is 28.5 Å². The van der Waals surface area contributed by atoms with Gasteiger partial charge in [-0.25, -0.2) is 8.42 Å². The van der Waals surface area contributed by atoms with E-state index in [4.69, 9.17) is 23.2 Å². The van der Waals surface area contributed by atoms with Crippen LogP contribution in [0.3, 0.4) is 0 Å².